The molecular formula is C36H40O13. The van der Waals surface area contributed by atoms with Crippen molar-refractivity contribution in [2.24, 2.45) is 0 Å². The van der Waals surface area contributed by atoms with Crippen LogP contribution in [0.25, 0.3) is 0 Å². The van der Waals surface area contributed by atoms with E-state index < -0.39 is 48.3 Å². The lowest BCUT2D eigenvalue weighted by atomic mass is 10.2. The molecule has 2 unspecified atom stereocenters. The summed E-state index contributed by atoms with van der Waals surface area (Å²) in [5.74, 6) is -2.90. The number of benzene rings is 2. The van der Waals surface area contributed by atoms with Crippen LogP contribution in [0, 0.1) is 0 Å². The fourth-order valence-corrected chi connectivity index (χ4v) is 3.34. The van der Waals surface area contributed by atoms with E-state index in [1.165, 1.54) is 69.3 Å². The standard InChI is InChI=1S/C36H40O13/c1-21(2)31(37)43-17-29(18-44-32(38)22(3)4)48-35(41)25-9-13-27(14-10-25)47-28-15-11-26(12-16-28)36(42)49-30(19-45-33(39)23(5)6)20-46-34(40)24(7)8/h9-16,29-31,37H,1,3,5,7,17-20H2,2,4,6,8H3. The quantitative estimate of drug-likeness (QED) is 0.0706. The van der Waals surface area contributed by atoms with Crippen molar-refractivity contribution in [3.8, 4) is 11.5 Å². The highest BCUT2D eigenvalue weighted by Gasteiger charge is 2.22. The Bertz CT molecular complexity index is 1520. The van der Waals surface area contributed by atoms with Crippen LogP contribution in [-0.2, 0) is 42.8 Å². The first-order valence-electron chi connectivity index (χ1n) is 14.8. The minimum atomic E-state index is -1.30. The van der Waals surface area contributed by atoms with Crippen LogP contribution in [0.1, 0.15) is 48.4 Å². The summed E-state index contributed by atoms with van der Waals surface area (Å²) in [7, 11) is 0. The van der Waals surface area contributed by atoms with Crippen LogP contribution in [0.2, 0.25) is 0 Å². The van der Waals surface area contributed by atoms with Gasteiger partial charge >= 0.3 is 29.8 Å². The lowest BCUT2D eigenvalue weighted by Crippen LogP contribution is -2.32. The molecule has 0 aliphatic rings. The van der Waals surface area contributed by atoms with Gasteiger partial charge in [0.15, 0.2) is 18.5 Å². The van der Waals surface area contributed by atoms with Crippen LogP contribution in [0.5, 0.6) is 11.5 Å². The van der Waals surface area contributed by atoms with Gasteiger partial charge < -0.3 is 38.3 Å². The predicted molar refractivity (Wildman–Crippen MR) is 175 cm³/mol. The molecule has 0 amide bonds. The Morgan fingerprint density at radius 3 is 1.20 bits per heavy atom. The van der Waals surface area contributed by atoms with Gasteiger partial charge in [-0.05, 0) is 81.8 Å². The second-order valence-electron chi connectivity index (χ2n) is 10.9. The molecule has 262 valence electrons. The normalized spacial score (nSPS) is 11.7. The van der Waals surface area contributed by atoms with Gasteiger partial charge in [-0.3, -0.25) is 0 Å². The van der Waals surface area contributed by atoms with E-state index in [1.807, 2.05) is 0 Å². The summed E-state index contributed by atoms with van der Waals surface area (Å²) in [5.41, 5.74) is 1.06. The van der Waals surface area contributed by atoms with E-state index >= 15 is 0 Å². The Labute approximate surface area is 284 Å². The molecule has 0 fully saturated rings. The molecule has 13 nitrogen and oxygen atoms in total. The van der Waals surface area contributed by atoms with Gasteiger partial charge in [0, 0.05) is 16.7 Å². The molecule has 2 aromatic carbocycles. The average Bonchev–Trinajstić information content (AvgIpc) is 3.06. The molecule has 0 aromatic heterocycles. The van der Waals surface area contributed by atoms with Crippen LogP contribution < -0.4 is 4.74 Å². The van der Waals surface area contributed by atoms with Gasteiger partial charge in [-0.2, -0.15) is 0 Å². The summed E-state index contributed by atoms with van der Waals surface area (Å²) in [6.07, 6.45) is -3.45. The number of rotatable bonds is 19. The molecular weight excluding hydrogens is 640 g/mol. The third-order valence-electron chi connectivity index (χ3n) is 6.07. The van der Waals surface area contributed by atoms with Gasteiger partial charge in [-0.1, -0.05) is 26.3 Å². The lowest BCUT2D eigenvalue weighted by molar-refractivity contribution is -0.148. The molecule has 0 spiro atoms. The van der Waals surface area contributed by atoms with Crippen molar-refractivity contribution in [2.75, 3.05) is 26.4 Å². The van der Waals surface area contributed by atoms with Gasteiger partial charge in [0.1, 0.15) is 31.3 Å². The van der Waals surface area contributed by atoms with E-state index in [0.29, 0.717) is 17.1 Å². The van der Waals surface area contributed by atoms with Crippen molar-refractivity contribution in [1.29, 1.82) is 0 Å². The summed E-state index contributed by atoms with van der Waals surface area (Å²) < 4.78 is 37.1. The maximum absolute atomic E-state index is 12.8. The Balaban J connectivity index is 2.03. The largest absolute Gasteiger partial charge is 0.458 e. The highest BCUT2D eigenvalue weighted by atomic mass is 16.6. The number of aliphatic hydroxyl groups excluding tert-OH is 1. The fraction of sp³-hybridized carbons (Fsp3) is 0.306. The number of hydrogen-bond acceptors (Lipinski definition) is 13. The van der Waals surface area contributed by atoms with Crippen LogP contribution in [0.3, 0.4) is 0 Å². The summed E-state index contributed by atoms with van der Waals surface area (Å²) in [6.45, 7) is 18.6. The fourth-order valence-electron chi connectivity index (χ4n) is 3.34. The van der Waals surface area contributed by atoms with Crippen LogP contribution >= 0.6 is 0 Å². The molecule has 1 N–H and O–H groups in total. The highest BCUT2D eigenvalue weighted by molar-refractivity contribution is 5.91. The number of carbonyl (C=O) groups is 5. The first kappa shape index (κ1) is 39.6. The minimum Gasteiger partial charge on any atom is -0.458 e. The van der Waals surface area contributed by atoms with E-state index in [2.05, 4.69) is 26.3 Å². The zero-order valence-corrected chi connectivity index (χ0v) is 27.9. The Kier molecular flexibility index (Phi) is 15.6. The Hall–Kier alpha value is -5.53. The monoisotopic (exact) mass is 680 g/mol. The first-order chi connectivity index (χ1) is 23.1. The summed E-state index contributed by atoms with van der Waals surface area (Å²) in [4.78, 5) is 61.0. The van der Waals surface area contributed by atoms with Crippen molar-refractivity contribution in [1.82, 2.24) is 0 Å². The SMILES string of the molecule is C=C(C)C(=O)OCC(COC(=O)C(=C)C)OC(=O)c1ccc(Oc2ccc(C(=O)OC(COC(=O)C(=C)C)COC(O)C(=C)C)cc2)cc1. The van der Waals surface area contributed by atoms with Gasteiger partial charge in [0.2, 0.25) is 0 Å². The van der Waals surface area contributed by atoms with Gasteiger partial charge in [0.25, 0.3) is 0 Å². The molecule has 0 heterocycles. The summed E-state index contributed by atoms with van der Waals surface area (Å²) >= 11 is 0. The number of hydrogen-bond donors (Lipinski definition) is 1. The van der Waals surface area contributed by atoms with Crippen molar-refractivity contribution in [2.45, 2.75) is 46.2 Å². The summed E-state index contributed by atoms with van der Waals surface area (Å²) in [5, 5.41) is 9.87. The maximum Gasteiger partial charge on any atom is 0.338 e. The zero-order valence-electron chi connectivity index (χ0n) is 27.9. The van der Waals surface area contributed by atoms with Gasteiger partial charge in [0.05, 0.1) is 17.7 Å². The molecule has 0 aliphatic heterocycles. The zero-order chi connectivity index (χ0) is 36.7. The molecule has 2 atom stereocenters. The third-order valence-corrected chi connectivity index (χ3v) is 6.07. The topological polar surface area (TPSA) is 170 Å². The second kappa shape index (κ2) is 19.3. The molecule has 0 aliphatic carbocycles. The second-order valence-corrected chi connectivity index (χ2v) is 10.9. The molecule has 0 bridgehead atoms. The third kappa shape index (κ3) is 14.0. The molecule has 0 saturated carbocycles. The number of carbonyl (C=O) groups excluding carboxylic acids is 5. The average molecular weight is 681 g/mol. The molecule has 2 rings (SSSR count). The lowest BCUT2D eigenvalue weighted by Gasteiger charge is -2.20. The molecule has 0 radical (unpaired) electrons. The highest BCUT2D eigenvalue weighted by Crippen LogP contribution is 2.23. The number of aliphatic hydroxyl groups is 1. The van der Waals surface area contributed by atoms with Crippen LogP contribution in [0.15, 0.2) is 97.1 Å². The smallest absolute Gasteiger partial charge is 0.338 e. The van der Waals surface area contributed by atoms with E-state index in [-0.39, 0.29) is 54.3 Å². The molecule has 49 heavy (non-hydrogen) atoms. The Morgan fingerprint density at radius 2 is 0.898 bits per heavy atom. The Morgan fingerprint density at radius 1 is 0.571 bits per heavy atom. The van der Waals surface area contributed by atoms with E-state index in [4.69, 9.17) is 33.2 Å². The van der Waals surface area contributed by atoms with Crippen LogP contribution in [0.4, 0.5) is 0 Å². The van der Waals surface area contributed by atoms with E-state index in [1.54, 1.807) is 6.92 Å². The van der Waals surface area contributed by atoms with Crippen molar-refractivity contribution >= 4 is 29.8 Å². The van der Waals surface area contributed by atoms with Crippen molar-refractivity contribution in [3.05, 3.63) is 108 Å². The van der Waals surface area contributed by atoms with Crippen molar-refractivity contribution in [3.63, 3.8) is 0 Å². The van der Waals surface area contributed by atoms with Crippen LogP contribution in [-0.4, -0.2) is 79.9 Å². The van der Waals surface area contributed by atoms with E-state index in [0.717, 1.165) is 0 Å². The summed E-state index contributed by atoms with van der Waals surface area (Å²) in [6, 6.07) is 11.8. The molecule has 2 aromatic rings. The number of ether oxygens (including phenoxy) is 7. The number of esters is 5. The maximum atomic E-state index is 12.8. The molecule has 0 saturated heterocycles. The predicted octanol–water partition coefficient (Wildman–Crippen LogP) is 4.80. The van der Waals surface area contributed by atoms with Crippen molar-refractivity contribution < 1.29 is 62.2 Å². The first-order valence-corrected chi connectivity index (χ1v) is 14.8. The van der Waals surface area contributed by atoms with Gasteiger partial charge in [-0.15, -0.1) is 0 Å². The van der Waals surface area contributed by atoms with Gasteiger partial charge in [-0.25, -0.2) is 24.0 Å². The van der Waals surface area contributed by atoms with E-state index in [9.17, 15) is 29.1 Å². The molecule has 13 heteroatoms. The minimum absolute atomic E-state index is 0.135.